The number of halogens is 1. The lowest BCUT2D eigenvalue weighted by Gasteiger charge is -2.07. The SMILES string of the molecule is COc1ccc(C=O)c(C=CCBr)c1O. The van der Waals surface area contributed by atoms with Crippen LogP contribution in [0.1, 0.15) is 15.9 Å². The number of rotatable bonds is 4. The van der Waals surface area contributed by atoms with Crippen molar-refractivity contribution in [3.63, 3.8) is 0 Å². The van der Waals surface area contributed by atoms with E-state index in [9.17, 15) is 9.90 Å². The molecule has 0 aromatic heterocycles. The first-order valence-electron chi connectivity index (χ1n) is 4.32. The van der Waals surface area contributed by atoms with Gasteiger partial charge in [-0.1, -0.05) is 28.1 Å². The molecule has 15 heavy (non-hydrogen) atoms. The molecule has 0 radical (unpaired) electrons. The average Bonchev–Trinajstić information content (AvgIpc) is 2.27. The Morgan fingerprint density at radius 2 is 2.27 bits per heavy atom. The Morgan fingerprint density at radius 1 is 1.53 bits per heavy atom. The molecule has 0 bridgehead atoms. The molecule has 1 rings (SSSR count). The second kappa shape index (κ2) is 5.56. The molecule has 0 spiro atoms. The van der Waals surface area contributed by atoms with Crippen molar-refractivity contribution in [2.45, 2.75) is 0 Å². The van der Waals surface area contributed by atoms with Crippen molar-refractivity contribution >= 4 is 28.3 Å². The molecule has 1 aromatic rings. The zero-order chi connectivity index (χ0) is 11.3. The summed E-state index contributed by atoms with van der Waals surface area (Å²) in [6.45, 7) is 0. The summed E-state index contributed by atoms with van der Waals surface area (Å²) in [4.78, 5) is 10.7. The third kappa shape index (κ3) is 2.59. The maximum absolute atomic E-state index is 10.7. The average molecular weight is 271 g/mol. The molecule has 0 amide bonds. The lowest BCUT2D eigenvalue weighted by molar-refractivity contribution is 0.112. The third-order valence-corrected chi connectivity index (χ3v) is 2.31. The Kier molecular flexibility index (Phi) is 4.37. The van der Waals surface area contributed by atoms with Gasteiger partial charge in [0.1, 0.15) is 0 Å². The van der Waals surface area contributed by atoms with Crippen LogP contribution in [-0.2, 0) is 0 Å². The minimum atomic E-state index is -0.0145. The van der Waals surface area contributed by atoms with Crippen LogP contribution in [0.5, 0.6) is 11.5 Å². The maximum atomic E-state index is 10.7. The molecule has 1 aromatic carbocycles. The molecule has 0 aliphatic rings. The Bertz CT molecular complexity index is 386. The molecule has 0 aliphatic heterocycles. The van der Waals surface area contributed by atoms with Gasteiger partial charge in [0, 0.05) is 16.5 Å². The second-order valence-corrected chi connectivity index (χ2v) is 3.44. The first kappa shape index (κ1) is 11.8. The van der Waals surface area contributed by atoms with E-state index in [0.717, 1.165) is 0 Å². The number of carbonyl (C=O) groups is 1. The lowest BCUT2D eigenvalue weighted by atomic mass is 10.1. The minimum Gasteiger partial charge on any atom is -0.504 e. The summed E-state index contributed by atoms with van der Waals surface area (Å²) in [5.74, 6) is 0.342. The van der Waals surface area contributed by atoms with Gasteiger partial charge in [-0.15, -0.1) is 0 Å². The number of hydrogen-bond acceptors (Lipinski definition) is 3. The highest BCUT2D eigenvalue weighted by molar-refractivity contribution is 9.09. The largest absolute Gasteiger partial charge is 0.504 e. The normalized spacial score (nSPS) is 10.5. The molecule has 0 saturated heterocycles. The highest BCUT2D eigenvalue weighted by atomic mass is 79.9. The van der Waals surface area contributed by atoms with E-state index in [-0.39, 0.29) is 5.75 Å². The van der Waals surface area contributed by atoms with Crippen LogP contribution < -0.4 is 4.74 Å². The van der Waals surface area contributed by atoms with Crippen LogP contribution in [0, 0.1) is 0 Å². The Morgan fingerprint density at radius 3 is 2.80 bits per heavy atom. The van der Waals surface area contributed by atoms with Gasteiger partial charge in [-0.3, -0.25) is 4.79 Å². The fourth-order valence-corrected chi connectivity index (χ4v) is 1.40. The minimum absolute atomic E-state index is 0.0145. The van der Waals surface area contributed by atoms with E-state index in [1.165, 1.54) is 7.11 Å². The van der Waals surface area contributed by atoms with Crippen LogP contribution in [0.3, 0.4) is 0 Å². The van der Waals surface area contributed by atoms with Gasteiger partial charge < -0.3 is 9.84 Å². The molecule has 4 heteroatoms. The fourth-order valence-electron chi connectivity index (χ4n) is 1.21. The summed E-state index contributed by atoms with van der Waals surface area (Å²) in [6.07, 6.45) is 4.17. The van der Waals surface area contributed by atoms with Gasteiger partial charge in [-0.05, 0) is 12.1 Å². The van der Waals surface area contributed by atoms with E-state index in [0.29, 0.717) is 28.5 Å². The van der Waals surface area contributed by atoms with Crippen molar-refractivity contribution in [3.05, 3.63) is 29.3 Å². The van der Waals surface area contributed by atoms with Gasteiger partial charge in [0.15, 0.2) is 17.8 Å². The molecular weight excluding hydrogens is 260 g/mol. The predicted molar refractivity (Wildman–Crippen MR) is 62.9 cm³/mol. The van der Waals surface area contributed by atoms with Gasteiger partial charge >= 0.3 is 0 Å². The molecule has 3 nitrogen and oxygen atoms in total. The molecular formula is C11H11BrO3. The van der Waals surface area contributed by atoms with Crippen LogP contribution in [-0.4, -0.2) is 23.8 Å². The lowest BCUT2D eigenvalue weighted by Crippen LogP contribution is -1.91. The number of phenolic OH excluding ortho intramolecular Hbond substituents is 1. The fraction of sp³-hybridized carbons (Fsp3) is 0.182. The van der Waals surface area contributed by atoms with Crippen molar-refractivity contribution in [1.29, 1.82) is 0 Å². The van der Waals surface area contributed by atoms with Gasteiger partial charge in [0.05, 0.1) is 7.11 Å². The zero-order valence-corrected chi connectivity index (χ0v) is 9.82. The highest BCUT2D eigenvalue weighted by Crippen LogP contribution is 2.32. The number of aromatic hydroxyl groups is 1. The first-order chi connectivity index (χ1) is 7.24. The van der Waals surface area contributed by atoms with Crippen LogP contribution in [0.15, 0.2) is 18.2 Å². The van der Waals surface area contributed by atoms with E-state index in [1.54, 1.807) is 24.3 Å². The smallest absolute Gasteiger partial charge is 0.165 e. The molecule has 80 valence electrons. The van der Waals surface area contributed by atoms with E-state index in [4.69, 9.17) is 4.74 Å². The topological polar surface area (TPSA) is 46.5 Å². The number of carbonyl (C=O) groups excluding carboxylic acids is 1. The van der Waals surface area contributed by atoms with Gasteiger partial charge in [0.2, 0.25) is 0 Å². The Hall–Kier alpha value is -1.29. The summed E-state index contributed by atoms with van der Waals surface area (Å²) in [6, 6.07) is 3.17. The van der Waals surface area contributed by atoms with E-state index < -0.39 is 0 Å². The number of hydrogen-bond donors (Lipinski definition) is 1. The number of methoxy groups -OCH3 is 1. The summed E-state index contributed by atoms with van der Waals surface area (Å²) in [7, 11) is 1.47. The third-order valence-electron chi connectivity index (χ3n) is 1.93. The molecule has 0 saturated carbocycles. The maximum Gasteiger partial charge on any atom is 0.165 e. The van der Waals surface area contributed by atoms with Gasteiger partial charge in [0.25, 0.3) is 0 Å². The number of allylic oxidation sites excluding steroid dienone is 1. The standard InChI is InChI=1S/C11H11BrO3/c1-15-10-5-4-8(7-13)9(11(10)14)3-2-6-12/h2-5,7,14H,6H2,1H3. The molecule has 0 atom stereocenters. The van der Waals surface area contributed by atoms with E-state index >= 15 is 0 Å². The molecule has 0 heterocycles. The number of ether oxygens (including phenoxy) is 1. The van der Waals surface area contributed by atoms with Crippen molar-refractivity contribution in [3.8, 4) is 11.5 Å². The number of phenols is 1. The van der Waals surface area contributed by atoms with Crippen molar-refractivity contribution in [2.75, 3.05) is 12.4 Å². The predicted octanol–water partition coefficient (Wildman–Crippen LogP) is 2.62. The molecule has 0 aliphatic carbocycles. The molecule has 0 fully saturated rings. The summed E-state index contributed by atoms with van der Waals surface area (Å²) < 4.78 is 4.95. The van der Waals surface area contributed by atoms with Gasteiger partial charge in [-0.2, -0.15) is 0 Å². The van der Waals surface area contributed by atoms with Crippen LogP contribution in [0.25, 0.3) is 6.08 Å². The van der Waals surface area contributed by atoms with E-state index in [1.807, 2.05) is 0 Å². The summed E-state index contributed by atoms with van der Waals surface area (Å²) in [5, 5.41) is 10.4. The monoisotopic (exact) mass is 270 g/mol. The molecule has 1 N–H and O–H groups in total. The second-order valence-electron chi connectivity index (χ2n) is 2.79. The number of benzene rings is 1. The van der Waals surface area contributed by atoms with Crippen molar-refractivity contribution < 1.29 is 14.6 Å². The van der Waals surface area contributed by atoms with Crippen LogP contribution in [0.4, 0.5) is 0 Å². The van der Waals surface area contributed by atoms with Gasteiger partial charge in [-0.25, -0.2) is 0 Å². The van der Waals surface area contributed by atoms with Crippen molar-refractivity contribution in [1.82, 2.24) is 0 Å². The highest BCUT2D eigenvalue weighted by Gasteiger charge is 2.09. The van der Waals surface area contributed by atoms with E-state index in [2.05, 4.69) is 15.9 Å². The zero-order valence-electron chi connectivity index (χ0n) is 8.24. The summed E-state index contributed by atoms with van der Waals surface area (Å²) in [5.41, 5.74) is 0.911. The van der Waals surface area contributed by atoms with Crippen LogP contribution in [0.2, 0.25) is 0 Å². The molecule has 0 unspecified atom stereocenters. The number of aldehydes is 1. The summed E-state index contributed by atoms with van der Waals surface area (Å²) >= 11 is 3.23. The Balaban J connectivity index is 3.28. The quantitative estimate of drug-likeness (QED) is 0.676. The Labute approximate surface area is 96.5 Å². The van der Waals surface area contributed by atoms with Crippen molar-refractivity contribution in [2.24, 2.45) is 0 Å². The first-order valence-corrected chi connectivity index (χ1v) is 5.44. The number of alkyl halides is 1. The van der Waals surface area contributed by atoms with Crippen LogP contribution >= 0.6 is 15.9 Å².